The first-order valence-electron chi connectivity index (χ1n) is 6.57. The summed E-state index contributed by atoms with van der Waals surface area (Å²) in [5.41, 5.74) is 1.16. The Labute approximate surface area is 113 Å². The molecule has 0 unspecified atom stereocenters. The van der Waals surface area contributed by atoms with Gasteiger partial charge in [0, 0.05) is 6.42 Å². The fraction of sp³-hybridized carbons (Fsp3) is 0.294. The largest absolute Gasteiger partial charge is 0.370 e. The number of hydrogen-bond acceptors (Lipinski definition) is 2. The molecule has 96 valence electrons. The van der Waals surface area contributed by atoms with Crippen molar-refractivity contribution in [1.82, 2.24) is 0 Å². The van der Waals surface area contributed by atoms with Gasteiger partial charge in [-0.3, -0.25) is 0 Å². The van der Waals surface area contributed by atoms with Crippen molar-refractivity contribution in [1.29, 1.82) is 0 Å². The molecule has 0 aliphatic carbocycles. The molecular formula is C17H16O2. The molecule has 1 aromatic rings. The van der Waals surface area contributed by atoms with Gasteiger partial charge in [0.15, 0.2) is 0 Å². The maximum absolute atomic E-state index is 5.96. The predicted octanol–water partition coefficient (Wildman–Crippen LogP) is 2.82. The number of fused-ring (bicyclic) bond motifs is 1. The van der Waals surface area contributed by atoms with Gasteiger partial charge in [0.25, 0.3) is 0 Å². The second kappa shape index (κ2) is 5.88. The van der Waals surface area contributed by atoms with E-state index in [-0.39, 0.29) is 18.3 Å². The van der Waals surface area contributed by atoms with Crippen LogP contribution in [0.5, 0.6) is 0 Å². The Morgan fingerprint density at radius 1 is 1.21 bits per heavy atom. The van der Waals surface area contributed by atoms with E-state index in [1.807, 2.05) is 36.4 Å². The van der Waals surface area contributed by atoms with E-state index < -0.39 is 0 Å². The lowest BCUT2D eigenvalue weighted by Crippen LogP contribution is -2.33. The highest BCUT2D eigenvalue weighted by molar-refractivity contribution is 5.50. The molecule has 0 saturated carbocycles. The predicted molar refractivity (Wildman–Crippen MR) is 75.4 cm³/mol. The van der Waals surface area contributed by atoms with Crippen LogP contribution in [0.25, 0.3) is 6.08 Å². The van der Waals surface area contributed by atoms with Gasteiger partial charge in [-0.1, -0.05) is 60.4 Å². The smallest absolute Gasteiger partial charge is 0.137 e. The first kappa shape index (κ1) is 12.2. The van der Waals surface area contributed by atoms with Crippen LogP contribution >= 0.6 is 0 Å². The summed E-state index contributed by atoms with van der Waals surface area (Å²) >= 11 is 0. The van der Waals surface area contributed by atoms with E-state index in [9.17, 15) is 0 Å². The highest BCUT2D eigenvalue weighted by Gasteiger charge is 2.26. The fourth-order valence-electron chi connectivity index (χ4n) is 2.22. The lowest BCUT2D eigenvalue weighted by molar-refractivity contribution is -0.0524. The van der Waals surface area contributed by atoms with Crippen LogP contribution in [-0.4, -0.2) is 24.9 Å². The summed E-state index contributed by atoms with van der Waals surface area (Å²) in [6.07, 6.45) is 8.79. The summed E-state index contributed by atoms with van der Waals surface area (Å²) in [6.45, 7) is 0.663. The van der Waals surface area contributed by atoms with Crippen molar-refractivity contribution in [3.63, 3.8) is 0 Å². The molecule has 0 amide bonds. The zero-order valence-corrected chi connectivity index (χ0v) is 10.7. The molecule has 2 heterocycles. The standard InChI is InChI=1S/C17H16O2/c1-2-6-14(7-3-1)11-12-15-8-4-9-16-17(19-15)10-5-13-18-16/h1-3,5-7,10-12,15-17H,9,13H2/b12-11+/t15-,16+,17-/m0/s1. The third kappa shape index (κ3) is 3.14. The normalized spacial score (nSPS) is 29.4. The number of rotatable bonds is 2. The van der Waals surface area contributed by atoms with Crippen molar-refractivity contribution in [2.45, 2.75) is 24.7 Å². The zero-order valence-electron chi connectivity index (χ0n) is 10.7. The van der Waals surface area contributed by atoms with E-state index in [1.54, 1.807) is 0 Å². The Morgan fingerprint density at radius 3 is 3.00 bits per heavy atom. The van der Waals surface area contributed by atoms with Crippen LogP contribution in [0.4, 0.5) is 0 Å². The van der Waals surface area contributed by atoms with Gasteiger partial charge in [0.1, 0.15) is 12.2 Å². The molecule has 0 N–H and O–H groups in total. The lowest BCUT2D eigenvalue weighted by atomic mass is 10.1. The van der Waals surface area contributed by atoms with Gasteiger partial charge in [-0.25, -0.2) is 0 Å². The highest BCUT2D eigenvalue weighted by atomic mass is 16.5. The van der Waals surface area contributed by atoms with Crippen LogP contribution in [0.3, 0.4) is 0 Å². The van der Waals surface area contributed by atoms with E-state index in [0.29, 0.717) is 6.61 Å². The number of ether oxygens (including phenoxy) is 2. The number of benzene rings is 1. The van der Waals surface area contributed by atoms with Gasteiger partial charge in [-0.15, -0.1) is 0 Å². The molecule has 1 aromatic carbocycles. The van der Waals surface area contributed by atoms with Gasteiger partial charge in [-0.05, 0) is 11.6 Å². The molecule has 2 heteroatoms. The maximum atomic E-state index is 5.96. The molecule has 0 radical (unpaired) electrons. The minimum absolute atomic E-state index is 0.00155. The molecule has 0 aromatic heterocycles. The van der Waals surface area contributed by atoms with E-state index >= 15 is 0 Å². The molecule has 0 saturated heterocycles. The van der Waals surface area contributed by atoms with Gasteiger partial charge in [0.2, 0.25) is 0 Å². The van der Waals surface area contributed by atoms with Crippen LogP contribution in [0, 0.1) is 11.8 Å². The molecular weight excluding hydrogens is 236 g/mol. The highest BCUT2D eigenvalue weighted by Crippen LogP contribution is 2.19. The van der Waals surface area contributed by atoms with Crippen molar-refractivity contribution in [3.8, 4) is 11.8 Å². The Hall–Kier alpha value is -1.82. The van der Waals surface area contributed by atoms with Gasteiger partial charge in [-0.2, -0.15) is 0 Å². The second-order valence-electron chi connectivity index (χ2n) is 4.62. The quantitative estimate of drug-likeness (QED) is 0.595. The maximum Gasteiger partial charge on any atom is 0.137 e. The zero-order chi connectivity index (χ0) is 12.9. The Bertz CT molecular complexity index is 533. The Kier molecular flexibility index (Phi) is 3.78. The molecule has 3 atom stereocenters. The topological polar surface area (TPSA) is 18.5 Å². The summed E-state index contributed by atoms with van der Waals surface area (Å²) in [5.74, 6) is 6.28. The third-order valence-electron chi connectivity index (χ3n) is 3.21. The van der Waals surface area contributed by atoms with Crippen molar-refractivity contribution in [2.24, 2.45) is 0 Å². The first-order valence-corrected chi connectivity index (χ1v) is 6.57. The van der Waals surface area contributed by atoms with Crippen LogP contribution in [0.2, 0.25) is 0 Å². The van der Waals surface area contributed by atoms with E-state index in [4.69, 9.17) is 9.47 Å². The third-order valence-corrected chi connectivity index (χ3v) is 3.21. The average molecular weight is 252 g/mol. The Morgan fingerprint density at radius 2 is 2.11 bits per heavy atom. The number of hydrogen-bond donors (Lipinski definition) is 0. The molecule has 2 aliphatic heterocycles. The Balaban J connectivity index is 1.70. The molecule has 0 fully saturated rings. The van der Waals surface area contributed by atoms with Crippen LogP contribution < -0.4 is 0 Å². The lowest BCUT2D eigenvalue weighted by Gasteiger charge is -2.26. The minimum atomic E-state index is -0.165. The summed E-state index contributed by atoms with van der Waals surface area (Å²) < 4.78 is 11.6. The summed E-state index contributed by atoms with van der Waals surface area (Å²) in [5, 5.41) is 0. The molecule has 2 nitrogen and oxygen atoms in total. The summed E-state index contributed by atoms with van der Waals surface area (Å²) in [6, 6.07) is 10.2. The van der Waals surface area contributed by atoms with Gasteiger partial charge in [0.05, 0.1) is 12.7 Å². The van der Waals surface area contributed by atoms with Gasteiger partial charge >= 0.3 is 0 Å². The van der Waals surface area contributed by atoms with Crippen molar-refractivity contribution >= 4 is 6.08 Å². The van der Waals surface area contributed by atoms with Crippen LogP contribution in [0.15, 0.2) is 48.6 Å². The van der Waals surface area contributed by atoms with Crippen molar-refractivity contribution < 1.29 is 9.47 Å². The second-order valence-corrected chi connectivity index (χ2v) is 4.62. The van der Waals surface area contributed by atoms with Gasteiger partial charge < -0.3 is 9.47 Å². The molecule has 0 spiro atoms. The van der Waals surface area contributed by atoms with Crippen LogP contribution in [0.1, 0.15) is 12.0 Å². The van der Waals surface area contributed by atoms with Crippen molar-refractivity contribution in [2.75, 3.05) is 6.61 Å². The molecule has 2 aliphatic rings. The molecule has 19 heavy (non-hydrogen) atoms. The summed E-state index contributed by atoms with van der Waals surface area (Å²) in [4.78, 5) is 0. The van der Waals surface area contributed by atoms with E-state index in [2.05, 4.69) is 30.0 Å². The monoisotopic (exact) mass is 252 g/mol. The average Bonchev–Trinajstić information content (AvgIpc) is 2.68. The molecule has 3 rings (SSSR count). The summed E-state index contributed by atoms with van der Waals surface area (Å²) in [7, 11) is 0. The van der Waals surface area contributed by atoms with Crippen molar-refractivity contribution in [3.05, 3.63) is 54.1 Å². The minimum Gasteiger partial charge on any atom is -0.370 e. The molecule has 0 bridgehead atoms. The van der Waals surface area contributed by atoms with Crippen LogP contribution in [-0.2, 0) is 9.47 Å². The van der Waals surface area contributed by atoms with E-state index in [0.717, 1.165) is 12.0 Å². The first-order chi connectivity index (χ1) is 9.42. The fourth-order valence-corrected chi connectivity index (χ4v) is 2.22. The van der Waals surface area contributed by atoms with E-state index in [1.165, 1.54) is 0 Å². The SMILES string of the molecule is C1#C[C@@H](/C=C/c2ccccc2)O[C@H]2C=CCO[C@@H]2C1.